The van der Waals surface area contributed by atoms with Crippen molar-refractivity contribution in [2.75, 3.05) is 0 Å². The molecular weight excluding hydrogens is 215 g/mol. The number of hydrazine groups is 1. The maximum Gasteiger partial charge on any atom is 0.128 e. The van der Waals surface area contributed by atoms with Crippen LogP contribution in [0.15, 0.2) is 30.5 Å². The van der Waals surface area contributed by atoms with Crippen molar-refractivity contribution >= 4 is 11.7 Å². The van der Waals surface area contributed by atoms with Gasteiger partial charge in [0.1, 0.15) is 5.82 Å². The van der Waals surface area contributed by atoms with Gasteiger partial charge in [0, 0.05) is 5.56 Å². The highest BCUT2D eigenvalue weighted by Gasteiger charge is 2.18. The van der Waals surface area contributed by atoms with Crippen molar-refractivity contribution in [1.29, 1.82) is 0 Å². The molecule has 2 rings (SSSR count). The Kier molecular flexibility index (Phi) is 3.00. The van der Waals surface area contributed by atoms with Crippen LogP contribution in [0.1, 0.15) is 17.3 Å². The minimum atomic E-state index is -0.454. The molecule has 0 aliphatic rings. The summed E-state index contributed by atoms with van der Waals surface area (Å²) in [4.78, 5) is 0. The van der Waals surface area contributed by atoms with Crippen LogP contribution in [-0.2, 0) is 0 Å². The maximum absolute atomic E-state index is 13.5. The molecule has 0 aliphatic heterocycles. The number of benzene rings is 1. The molecule has 2 aromatic rings. The quantitative estimate of drug-likeness (QED) is 0.608. The number of nitrogens with one attached hydrogen (secondary N) is 1. The molecule has 1 heterocycles. The zero-order valence-corrected chi connectivity index (χ0v) is 8.54. The number of aromatic nitrogens is 2. The lowest BCUT2D eigenvalue weighted by Gasteiger charge is -2.13. The van der Waals surface area contributed by atoms with Gasteiger partial charge in [-0.15, -0.1) is 0 Å². The van der Waals surface area contributed by atoms with E-state index in [0.29, 0.717) is 11.3 Å². The van der Waals surface area contributed by atoms with Crippen LogP contribution in [0, 0.1) is 5.82 Å². The summed E-state index contributed by atoms with van der Waals surface area (Å²) in [5.74, 6) is 5.07. The third-order valence-corrected chi connectivity index (χ3v) is 2.55. The van der Waals surface area contributed by atoms with E-state index in [2.05, 4.69) is 14.2 Å². The molecule has 1 atom stereocenters. The van der Waals surface area contributed by atoms with Gasteiger partial charge in [0.25, 0.3) is 0 Å². The minimum absolute atomic E-state index is 0.312. The first-order valence-corrected chi connectivity index (χ1v) is 5.04. The second kappa shape index (κ2) is 4.43. The first-order valence-electron chi connectivity index (χ1n) is 4.31. The van der Waals surface area contributed by atoms with E-state index >= 15 is 0 Å². The molecule has 1 aromatic heterocycles. The van der Waals surface area contributed by atoms with Crippen LogP contribution in [0.3, 0.4) is 0 Å². The van der Waals surface area contributed by atoms with Gasteiger partial charge in [0.05, 0.1) is 29.7 Å². The fourth-order valence-electron chi connectivity index (χ4n) is 1.34. The van der Waals surface area contributed by atoms with E-state index in [1.165, 1.54) is 6.07 Å². The smallest absolute Gasteiger partial charge is 0.128 e. The first kappa shape index (κ1) is 10.2. The standard InChI is InChI=1S/C9H9FN4S/c10-7-4-2-1-3-6(7)9(13-11)8-5-12-15-14-8/h1-5,9,13H,11H2. The van der Waals surface area contributed by atoms with E-state index in [9.17, 15) is 4.39 Å². The highest BCUT2D eigenvalue weighted by atomic mass is 32.1. The van der Waals surface area contributed by atoms with Crippen molar-refractivity contribution in [3.8, 4) is 0 Å². The van der Waals surface area contributed by atoms with Gasteiger partial charge in [-0.3, -0.25) is 5.84 Å². The average Bonchev–Trinajstić information content (AvgIpc) is 2.75. The van der Waals surface area contributed by atoms with Crippen LogP contribution >= 0.6 is 11.7 Å². The molecule has 0 bridgehead atoms. The van der Waals surface area contributed by atoms with E-state index in [1.54, 1.807) is 24.4 Å². The summed E-state index contributed by atoms with van der Waals surface area (Å²) >= 11 is 1.07. The van der Waals surface area contributed by atoms with E-state index in [1.807, 2.05) is 0 Å². The molecule has 0 aliphatic carbocycles. The summed E-state index contributed by atoms with van der Waals surface area (Å²) in [5.41, 5.74) is 3.61. The van der Waals surface area contributed by atoms with Crippen molar-refractivity contribution in [3.63, 3.8) is 0 Å². The lowest BCUT2D eigenvalue weighted by Crippen LogP contribution is -2.29. The van der Waals surface area contributed by atoms with Gasteiger partial charge in [0.2, 0.25) is 0 Å². The second-order valence-corrected chi connectivity index (χ2v) is 3.51. The van der Waals surface area contributed by atoms with Crippen LogP contribution in [0.4, 0.5) is 4.39 Å². The van der Waals surface area contributed by atoms with Gasteiger partial charge in [-0.1, -0.05) is 18.2 Å². The van der Waals surface area contributed by atoms with Crippen molar-refractivity contribution < 1.29 is 4.39 Å². The highest BCUT2D eigenvalue weighted by molar-refractivity contribution is 6.99. The number of nitrogens with two attached hydrogens (primary N) is 1. The zero-order valence-electron chi connectivity index (χ0n) is 7.72. The summed E-state index contributed by atoms with van der Waals surface area (Å²) in [5, 5.41) is 0. The molecule has 78 valence electrons. The van der Waals surface area contributed by atoms with Crippen molar-refractivity contribution in [2.45, 2.75) is 6.04 Å². The Morgan fingerprint density at radius 1 is 1.40 bits per heavy atom. The topological polar surface area (TPSA) is 63.8 Å². The van der Waals surface area contributed by atoms with Crippen LogP contribution in [0.5, 0.6) is 0 Å². The molecule has 0 amide bonds. The van der Waals surface area contributed by atoms with Crippen molar-refractivity contribution in [3.05, 3.63) is 47.5 Å². The molecule has 1 unspecified atom stereocenters. The number of hydrogen-bond acceptors (Lipinski definition) is 5. The average molecular weight is 224 g/mol. The van der Waals surface area contributed by atoms with Gasteiger partial charge in [-0.2, -0.15) is 8.75 Å². The Balaban J connectivity index is 2.40. The Hall–Kier alpha value is -1.37. The van der Waals surface area contributed by atoms with E-state index < -0.39 is 6.04 Å². The van der Waals surface area contributed by atoms with Crippen molar-refractivity contribution in [1.82, 2.24) is 14.2 Å². The Bertz CT molecular complexity index is 431. The molecule has 3 N–H and O–H groups in total. The van der Waals surface area contributed by atoms with Gasteiger partial charge in [-0.05, 0) is 6.07 Å². The lowest BCUT2D eigenvalue weighted by atomic mass is 10.0. The Morgan fingerprint density at radius 2 is 2.20 bits per heavy atom. The van der Waals surface area contributed by atoms with Gasteiger partial charge >= 0.3 is 0 Å². The van der Waals surface area contributed by atoms with E-state index in [-0.39, 0.29) is 5.82 Å². The number of hydrogen-bond donors (Lipinski definition) is 2. The molecule has 1 aromatic carbocycles. The molecule has 6 heteroatoms. The summed E-state index contributed by atoms with van der Waals surface area (Å²) in [7, 11) is 0. The molecule has 0 radical (unpaired) electrons. The number of halogens is 1. The molecule has 0 spiro atoms. The maximum atomic E-state index is 13.5. The summed E-state index contributed by atoms with van der Waals surface area (Å²) < 4.78 is 21.4. The van der Waals surface area contributed by atoms with Gasteiger partial charge in [0.15, 0.2) is 0 Å². The van der Waals surface area contributed by atoms with Crippen LogP contribution in [-0.4, -0.2) is 8.75 Å². The van der Waals surface area contributed by atoms with Gasteiger partial charge < -0.3 is 0 Å². The molecule has 0 saturated heterocycles. The monoisotopic (exact) mass is 224 g/mol. The van der Waals surface area contributed by atoms with Crippen LogP contribution in [0.25, 0.3) is 0 Å². The van der Waals surface area contributed by atoms with Crippen molar-refractivity contribution in [2.24, 2.45) is 5.84 Å². The first-order chi connectivity index (χ1) is 7.33. The highest BCUT2D eigenvalue weighted by Crippen LogP contribution is 2.21. The van der Waals surface area contributed by atoms with E-state index in [4.69, 9.17) is 5.84 Å². The van der Waals surface area contributed by atoms with Crippen LogP contribution < -0.4 is 11.3 Å². The second-order valence-electron chi connectivity index (χ2n) is 2.95. The number of nitrogens with zero attached hydrogens (tertiary/aromatic N) is 2. The predicted molar refractivity (Wildman–Crippen MR) is 55.5 cm³/mol. The fraction of sp³-hybridized carbons (Fsp3) is 0.111. The van der Waals surface area contributed by atoms with Gasteiger partial charge in [-0.25, -0.2) is 9.82 Å². The lowest BCUT2D eigenvalue weighted by molar-refractivity contribution is 0.555. The van der Waals surface area contributed by atoms with Crippen LogP contribution in [0.2, 0.25) is 0 Å². The number of rotatable bonds is 3. The summed E-state index contributed by atoms with van der Waals surface area (Å²) in [6, 6.07) is 5.98. The summed E-state index contributed by atoms with van der Waals surface area (Å²) in [6.07, 6.45) is 1.57. The minimum Gasteiger partial charge on any atom is -0.271 e. The normalized spacial score (nSPS) is 12.7. The van der Waals surface area contributed by atoms with E-state index in [0.717, 1.165) is 11.7 Å². The fourth-order valence-corrected chi connectivity index (χ4v) is 1.79. The molecule has 0 fully saturated rings. The largest absolute Gasteiger partial charge is 0.271 e. The SMILES string of the molecule is NNC(c1cnsn1)c1ccccc1F. The molecule has 15 heavy (non-hydrogen) atoms. The Morgan fingerprint density at radius 3 is 2.80 bits per heavy atom. The third-order valence-electron chi connectivity index (χ3n) is 2.06. The molecule has 0 saturated carbocycles. The Labute approximate surface area is 90.2 Å². The molecule has 4 nitrogen and oxygen atoms in total. The molecular formula is C9H9FN4S. The third kappa shape index (κ3) is 2.01. The zero-order chi connectivity index (χ0) is 10.7. The summed E-state index contributed by atoms with van der Waals surface area (Å²) in [6.45, 7) is 0. The predicted octanol–water partition coefficient (Wildman–Crippen LogP) is 1.23.